The van der Waals surface area contributed by atoms with Crippen LogP contribution in [0.1, 0.15) is 28.9 Å². The van der Waals surface area contributed by atoms with Gasteiger partial charge in [-0.05, 0) is 24.1 Å². The fourth-order valence-corrected chi connectivity index (χ4v) is 2.25. The van der Waals surface area contributed by atoms with Gasteiger partial charge < -0.3 is 15.2 Å². The lowest BCUT2D eigenvalue weighted by molar-refractivity contribution is -0.137. The van der Waals surface area contributed by atoms with Crippen molar-refractivity contribution in [2.45, 2.75) is 19.4 Å². The van der Waals surface area contributed by atoms with Crippen LogP contribution in [0.15, 0.2) is 35.2 Å². The van der Waals surface area contributed by atoms with E-state index in [0.29, 0.717) is 31.0 Å². The molecule has 0 atom stereocenters. The molecule has 0 aliphatic heterocycles. The molecule has 2 aromatic rings. The number of thiazole rings is 1. The van der Waals surface area contributed by atoms with Crippen molar-refractivity contribution in [3.63, 3.8) is 0 Å². The predicted octanol–water partition coefficient (Wildman–Crippen LogP) is 2.32. The lowest BCUT2D eigenvalue weighted by Crippen LogP contribution is -2.22. The van der Waals surface area contributed by atoms with Crippen molar-refractivity contribution in [2.75, 3.05) is 6.61 Å². The van der Waals surface area contributed by atoms with E-state index in [1.54, 1.807) is 23.0 Å². The molecule has 1 aromatic heterocycles. The highest BCUT2D eigenvalue weighted by atomic mass is 32.1. The Morgan fingerprint density at radius 3 is 2.68 bits per heavy atom. The summed E-state index contributed by atoms with van der Waals surface area (Å²) in [7, 11) is 0. The lowest BCUT2D eigenvalue weighted by Gasteiger charge is -2.07. The van der Waals surface area contributed by atoms with E-state index < -0.39 is 5.97 Å². The van der Waals surface area contributed by atoms with Gasteiger partial charge in [-0.3, -0.25) is 9.59 Å². The van der Waals surface area contributed by atoms with Crippen molar-refractivity contribution in [1.82, 2.24) is 10.3 Å². The van der Waals surface area contributed by atoms with Gasteiger partial charge in [0.1, 0.15) is 11.4 Å². The largest absolute Gasteiger partial charge is 0.494 e. The molecule has 0 saturated heterocycles. The summed E-state index contributed by atoms with van der Waals surface area (Å²) in [5, 5.41) is 13.0. The van der Waals surface area contributed by atoms with E-state index in [1.165, 1.54) is 11.3 Å². The van der Waals surface area contributed by atoms with Crippen LogP contribution >= 0.6 is 11.3 Å². The summed E-state index contributed by atoms with van der Waals surface area (Å²) in [6.07, 6.45) is 0.571. The van der Waals surface area contributed by atoms with Crippen LogP contribution in [0.4, 0.5) is 0 Å². The number of carboxylic acids is 1. The van der Waals surface area contributed by atoms with E-state index >= 15 is 0 Å². The molecule has 22 heavy (non-hydrogen) atoms. The first-order valence-electron chi connectivity index (χ1n) is 6.75. The van der Waals surface area contributed by atoms with Crippen molar-refractivity contribution in [3.05, 3.63) is 46.4 Å². The predicted molar refractivity (Wildman–Crippen MR) is 82.1 cm³/mol. The third kappa shape index (κ3) is 5.17. The van der Waals surface area contributed by atoms with Crippen molar-refractivity contribution < 1.29 is 19.4 Å². The maximum atomic E-state index is 11.7. The van der Waals surface area contributed by atoms with Gasteiger partial charge >= 0.3 is 5.97 Å². The number of ether oxygens (including phenoxy) is 1. The Morgan fingerprint density at radius 2 is 2.05 bits per heavy atom. The molecule has 0 saturated carbocycles. The number of rotatable bonds is 8. The monoisotopic (exact) mass is 320 g/mol. The van der Waals surface area contributed by atoms with Crippen molar-refractivity contribution >= 4 is 23.2 Å². The van der Waals surface area contributed by atoms with E-state index in [0.717, 1.165) is 5.56 Å². The Kier molecular flexibility index (Phi) is 5.91. The number of nitrogens with zero attached hydrogens (tertiary/aromatic N) is 1. The van der Waals surface area contributed by atoms with E-state index in [4.69, 9.17) is 9.84 Å². The van der Waals surface area contributed by atoms with Gasteiger partial charge in [0.15, 0.2) is 0 Å². The molecular weight excluding hydrogens is 304 g/mol. The molecule has 0 aliphatic carbocycles. The molecule has 0 radical (unpaired) electrons. The Bertz CT molecular complexity index is 611. The van der Waals surface area contributed by atoms with Gasteiger partial charge in [0, 0.05) is 18.3 Å². The topological polar surface area (TPSA) is 88.5 Å². The Balaban J connectivity index is 1.74. The Labute approximate surface area is 131 Å². The summed E-state index contributed by atoms with van der Waals surface area (Å²) in [5.74, 6) is -0.343. The second-order valence-corrected chi connectivity index (χ2v) is 5.26. The van der Waals surface area contributed by atoms with Crippen molar-refractivity contribution in [2.24, 2.45) is 0 Å². The first-order valence-corrected chi connectivity index (χ1v) is 7.69. The van der Waals surface area contributed by atoms with Gasteiger partial charge in [0.05, 0.1) is 12.1 Å². The van der Waals surface area contributed by atoms with E-state index in [1.807, 2.05) is 12.1 Å². The molecule has 0 fully saturated rings. The maximum absolute atomic E-state index is 11.7. The van der Waals surface area contributed by atoms with Gasteiger partial charge in [0.25, 0.3) is 5.91 Å². The summed E-state index contributed by atoms with van der Waals surface area (Å²) in [6, 6.07) is 7.30. The van der Waals surface area contributed by atoms with Crippen LogP contribution in [0.2, 0.25) is 0 Å². The summed E-state index contributed by atoms with van der Waals surface area (Å²) >= 11 is 1.38. The molecule has 1 aromatic carbocycles. The molecule has 0 bridgehead atoms. The van der Waals surface area contributed by atoms with E-state index in [2.05, 4.69) is 10.3 Å². The minimum Gasteiger partial charge on any atom is -0.494 e. The fraction of sp³-hybridized carbons (Fsp3) is 0.267. The molecule has 1 heterocycles. The number of amides is 1. The molecule has 2 rings (SSSR count). The van der Waals surface area contributed by atoms with Gasteiger partial charge in [0.2, 0.25) is 0 Å². The number of carbonyl (C=O) groups excluding carboxylic acids is 1. The minimum absolute atomic E-state index is 0.0980. The van der Waals surface area contributed by atoms with Crippen LogP contribution in [-0.4, -0.2) is 28.6 Å². The van der Waals surface area contributed by atoms with Crippen LogP contribution in [0.5, 0.6) is 5.75 Å². The van der Waals surface area contributed by atoms with Crippen LogP contribution in [0.25, 0.3) is 0 Å². The summed E-state index contributed by atoms with van der Waals surface area (Å²) in [6.45, 7) is 0.780. The van der Waals surface area contributed by atoms with Crippen molar-refractivity contribution in [1.29, 1.82) is 0 Å². The normalized spacial score (nSPS) is 10.2. The van der Waals surface area contributed by atoms with Gasteiger partial charge in [-0.1, -0.05) is 12.1 Å². The van der Waals surface area contributed by atoms with E-state index in [-0.39, 0.29) is 12.3 Å². The molecule has 116 valence electrons. The number of carboxylic acid groups (broad SMARTS) is 1. The second-order valence-electron chi connectivity index (χ2n) is 4.55. The Morgan fingerprint density at radius 1 is 1.27 bits per heavy atom. The van der Waals surface area contributed by atoms with E-state index in [9.17, 15) is 9.59 Å². The standard InChI is InChI=1S/C15H16N2O4S/c18-14(19)2-1-7-21-12-5-3-11(4-6-12)8-16-15(20)13-9-22-10-17-13/h3-6,9-10H,1-2,7-8H2,(H,16,20)(H,18,19). The number of aliphatic carboxylic acids is 1. The van der Waals surface area contributed by atoms with Gasteiger partial charge in [-0.25, -0.2) is 4.98 Å². The third-order valence-corrected chi connectivity index (χ3v) is 3.43. The van der Waals surface area contributed by atoms with Crippen LogP contribution in [0, 0.1) is 0 Å². The van der Waals surface area contributed by atoms with Crippen LogP contribution < -0.4 is 10.1 Å². The number of benzene rings is 1. The molecular formula is C15H16N2O4S. The third-order valence-electron chi connectivity index (χ3n) is 2.85. The maximum Gasteiger partial charge on any atom is 0.303 e. The molecule has 7 heteroatoms. The second kappa shape index (κ2) is 8.14. The highest BCUT2D eigenvalue weighted by Gasteiger charge is 2.06. The SMILES string of the molecule is O=C(O)CCCOc1ccc(CNC(=O)c2cscn2)cc1. The number of hydrogen-bond acceptors (Lipinski definition) is 5. The summed E-state index contributed by atoms with van der Waals surface area (Å²) in [5.41, 5.74) is 2.98. The number of carbonyl (C=O) groups is 2. The average Bonchev–Trinajstić information content (AvgIpc) is 3.04. The lowest BCUT2D eigenvalue weighted by atomic mass is 10.2. The van der Waals surface area contributed by atoms with Crippen LogP contribution in [-0.2, 0) is 11.3 Å². The first-order chi connectivity index (χ1) is 10.6. The number of aromatic nitrogens is 1. The zero-order valence-corrected chi connectivity index (χ0v) is 12.6. The fourth-order valence-electron chi connectivity index (χ4n) is 1.71. The highest BCUT2D eigenvalue weighted by Crippen LogP contribution is 2.13. The van der Waals surface area contributed by atoms with Crippen LogP contribution in [0.3, 0.4) is 0 Å². The summed E-state index contributed by atoms with van der Waals surface area (Å²) in [4.78, 5) is 26.1. The van der Waals surface area contributed by atoms with Gasteiger partial charge in [-0.15, -0.1) is 11.3 Å². The molecule has 0 spiro atoms. The summed E-state index contributed by atoms with van der Waals surface area (Å²) < 4.78 is 5.44. The highest BCUT2D eigenvalue weighted by molar-refractivity contribution is 7.07. The molecule has 0 unspecified atom stereocenters. The smallest absolute Gasteiger partial charge is 0.303 e. The average molecular weight is 320 g/mol. The van der Waals surface area contributed by atoms with Gasteiger partial charge in [-0.2, -0.15) is 0 Å². The molecule has 2 N–H and O–H groups in total. The quantitative estimate of drug-likeness (QED) is 0.729. The zero-order valence-electron chi connectivity index (χ0n) is 11.8. The molecule has 6 nitrogen and oxygen atoms in total. The zero-order chi connectivity index (χ0) is 15.8. The Hall–Kier alpha value is -2.41. The number of hydrogen-bond donors (Lipinski definition) is 2. The first kappa shape index (κ1) is 16.0. The molecule has 1 amide bonds. The molecule has 0 aliphatic rings. The minimum atomic E-state index is -0.824. The number of nitrogens with one attached hydrogen (secondary N) is 1. The van der Waals surface area contributed by atoms with Crippen molar-refractivity contribution in [3.8, 4) is 5.75 Å².